The Balaban J connectivity index is 1.55. The minimum Gasteiger partial charge on any atom is -0.419 e. The van der Waals surface area contributed by atoms with E-state index in [0.29, 0.717) is 17.8 Å². The van der Waals surface area contributed by atoms with Gasteiger partial charge in [0.15, 0.2) is 0 Å². The van der Waals surface area contributed by atoms with Gasteiger partial charge in [0.05, 0.1) is 6.04 Å². The maximum Gasteiger partial charge on any atom is 0.247 e. The lowest BCUT2D eigenvalue weighted by Gasteiger charge is -2.26. The van der Waals surface area contributed by atoms with Gasteiger partial charge in [-0.2, -0.15) is 11.3 Å². The van der Waals surface area contributed by atoms with Crippen molar-refractivity contribution in [2.75, 3.05) is 0 Å². The van der Waals surface area contributed by atoms with Crippen LogP contribution in [0.2, 0.25) is 0 Å². The molecule has 0 spiro atoms. The summed E-state index contributed by atoms with van der Waals surface area (Å²) in [6, 6.07) is 12.9. The van der Waals surface area contributed by atoms with Gasteiger partial charge >= 0.3 is 0 Å². The first-order valence-corrected chi connectivity index (χ1v) is 8.91. The Hall–Kier alpha value is -1.98. The summed E-state index contributed by atoms with van der Waals surface area (Å²) in [7, 11) is 0. The molecule has 1 fully saturated rings. The molecule has 5 heteroatoms. The van der Waals surface area contributed by atoms with E-state index in [4.69, 9.17) is 4.42 Å². The van der Waals surface area contributed by atoms with Crippen molar-refractivity contribution in [1.82, 2.24) is 15.1 Å². The quantitative estimate of drug-likeness (QED) is 0.668. The van der Waals surface area contributed by atoms with Gasteiger partial charge in [-0.25, -0.2) is 0 Å². The number of nitrogens with zero attached hydrogens (tertiary/aromatic N) is 3. The Labute approximate surface area is 139 Å². The number of hydrogen-bond donors (Lipinski definition) is 0. The fourth-order valence-corrected chi connectivity index (χ4v) is 3.48. The van der Waals surface area contributed by atoms with Crippen molar-refractivity contribution in [3.8, 4) is 11.5 Å². The normalized spacial score (nSPS) is 15.9. The highest BCUT2D eigenvalue weighted by molar-refractivity contribution is 7.07. The van der Waals surface area contributed by atoms with Crippen molar-refractivity contribution >= 4 is 11.3 Å². The van der Waals surface area contributed by atoms with Crippen LogP contribution in [0.4, 0.5) is 0 Å². The Morgan fingerprint density at radius 3 is 2.74 bits per heavy atom. The van der Waals surface area contributed by atoms with Crippen molar-refractivity contribution in [2.45, 2.75) is 38.4 Å². The van der Waals surface area contributed by atoms with Crippen LogP contribution in [0.25, 0.3) is 11.5 Å². The second kappa shape index (κ2) is 6.26. The molecule has 0 N–H and O–H groups in total. The molecule has 3 aromatic rings. The zero-order chi connectivity index (χ0) is 15.6. The standard InChI is InChI=1S/C18H19N3OS/c1-13(21(16-7-8-16)11-14-9-10-23-12-14)17-19-20-18(22-17)15-5-3-2-4-6-15/h2-6,9-10,12-13,16H,7-8,11H2,1H3/t13-/m0/s1. The molecule has 0 saturated heterocycles. The summed E-state index contributed by atoms with van der Waals surface area (Å²) in [5.41, 5.74) is 2.32. The van der Waals surface area contributed by atoms with Crippen LogP contribution in [0, 0.1) is 0 Å². The number of hydrogen-bond acceptors (Lipinski definition) is 5. The van der Waals surface area contributed by atoms with Crippen molar-refractivity contribution in [3.05, 3.63) is 58.6 Å². The van der Waals surface area contributed by atoms with E-state index in [1.165, 1.54) is 18.4 Å². The summed E-state index contributed by atoms with van der Waals surface area (Å²) in [6.45, 7) is 3.10. The summed E-state index contributed by atoms with van der Waals surface area (Å²) in [5, 5.41) is 12.9. The highest BCUT2D eigenvalue weighted by Crippen LogP contribution is 2.36. The smallest absolute Gasteiger partial charge is 0.247 e. The first kappa shape index (κ1) is 14.6. The Kier molecular flexibility index (Phi) is 3.97. The topological polar surface area (TPSA) is 42.2 Å². The van der Waals surface area contributed by atoms with E-state index in [-0.39, 0.29) is 6.04 Å². The van der Waals surface area contributed by atoms with E-state index in [1.54, 1.807) is 11.3 Å². The summed E-state index contributed by atoms with van der Waals surface area (Å²) in [6.07, 6.45) is 2.52. The molecule has 23 heavy (non-hydrogen) atoms. The molecular formula is C18H19N3OS. The number of aromatic nitrogens is 2. The lowest BCUT2D eigenvalue weighted by atomic mass is 10.2. The van der Waals surface area contributed by atoms with Crippen LogP contribution < -0.4 is 0 Å². The highest BCUT2D eigenvalue weighted by Gasteiger charge is 2.35. The number of rotatable bonds is 6. The lowest BCUT2D eigenvalue weighted by molar-refractivity contribution is 0.165. The average Bonchev–Trinajstić information content (AvgIpc) is 3.10. The van der Waals surface area contributed by atoms with E-state index in [2.05, 4.69) is 38.8 Å². The molecule has 1 aliphatic carbocycles. The molecule has 0 bridgehead atoms. The largest absolute Gasteiger partial charge is 0.419 e. The zero-order valence-corrected chi connectivity index (χ0v) is 13.9. The molecule has 0 amide bonds. The molecule has 0 aliphatic heterocycles. The molecule has 4 rings (SSSR count). The summed E-state index contributed by atoms with van der Waals surface area (Å²) in [5.74, 6) is 1.30. The molecule has 2 heterocycles. The van der Waals surface area contributed by atoms with E-state index in [0.717, 1.165) is 12.1 Å². The van der Waals surface area contributed by atoms with Crippen LogP contribution >= 0.6 is 11.3 Å². The molecule has 4 nitrogen and oxygen atoms in total. The predicted molar refractivity (Wildman–Crippen MR) is 91.0 cm³/mol. The van der Waals surface area contributed by atoms with Gasteiger partial charge in [0.1, 0.15) is 0 Å². The maximum atomic E-state index is 5.95. The first-order valence-electron chi connectivity index (χ1n) is 7.97. The molecule has 118 valence electrons. The highest BCUT2D eigenvalue weighted by atomic mass is 32.1. The third-order valence-corrected chi connectivity index (χ3v) is 5.01. The fourth-order valence-electron chi connectivity index (χ4n) is 2.82. The van der Waals surface area contributed by atoms with Crippen molar-refractivity contribution in [3.63, 3.8) is 0 Å². The Morgan fingerprint density at radius 2 is 2.04 bits per heavy atom. The minimum atomic E-state index is 0.132. The molecule has 1 aliphatic rings. The van der Waals surface area contributed by atoms with Gasteiger partial charge in [-0.15, -0.1) is 10.2 Å². The monoisotopic (exact) mass is 325 g/mol. The average molecular weight is 325 g/mol. The van der Waals surface area contributed by atoms with Crippen LogP contribution in [0.1, 0.15) is 37.3 Å². The molecule has 0 unspecified atom stereocenters. The molecule has 2 aromatic heterocycles. The molecule has 1 saturated carbocycles. The second-order valence-electron chi connectivity index (χ2n) is 6.02. The van der Waals surface area contributed by atoms with Gasteiger partial charge in [0, 0.05) is 18.2 Å². The summed E-state index contributed by atoms with van der Waals surface area (Å²) in [4.78, 5) is 2.48. The Bertz CT molecular complexity index is 750. The predicted octanol–water partition coefficient (Wildman–Crippen LogP) is 4.52. The van der Waals surface area contributed by atoms with Gasteiger partial charge in [0.25, 0.3) is 0 Å². The van der Waals surface area contributed by atoms with Gasteiger partial charge < -0.3 is 4.42 Å². The molecule has 1 aromatic carbocycles. The van der Waals surface area contributed by atoms with Gasteiger partial charge in [0.2, 0.25) is 11.8 Å². The Morgan fingerprint density at radius 1 is 1.22 bits per heavy atom. The van der Waals surface area contributed by atoms with Crippen molar-refractivity contribution < 1.29 is 4.42 Å². The SMILES string of the molecule is C[C@@H](c1nnc(-c2ccccc2)o1)N(Cc1ccsc1)C1CC1. The molecular weight excluding hydrogens is 306 g/mol. The summed E-state index contributed by atoms with van der Waals surface area (Å²) >= 11 is 1.74. The van der Waals surface area contributed by atoms with E-state index in [9.17, 15) is 0 Å². The third kappa shape index (κ3) is 3.21. The maximum absolute atomic E-state index is 5.95. The van der Waals surface area contributed by atoms with Crippen LogP contribution in [0.15, 0.2) is 51.6 Å². The van der Waals surface area contributed by atoms with Gasteiger partial charge in [-0.05, 0) is 54.3 Å². The van der Waals surface area contributed by atoms with Crippen molar-refractivity contribution in [2.24, 2.45) is 0 Å². The van der Waals surface area contributed by atoms with Crippen LogP contribution in [0.3, 0.4) is 0 Å². The molecule has 0 radical (unpaired) electrons. The van der Waals surface area contributed by atoms with Crippen LogP contribution in [0.5, 0.6) is 0 Å². The third-order valence-electron chi connectivity index (χ3n) is 4.28. The van der Waals surface area contributed by atoms with Crippen LogP contribution in [-0.2, 0) is 6.54 Å². The van der Waals surface area contributed by atoms with E-state index in [1.807, 2.05) is 30.3 Å². The van der Waals surface area contributed by atoms with Gasteiger partial charge in [-0.1, -0.05) is 18.2 Å². The van der Waals surface area contributed by atoms with Crippen molar-refractivity contribution in [1.29, 1.82) is 0 Å². The van der Waals surface area contributed by atoms with Crippen LogP contribution in [-0.4, -0.2) is 21.1 Å². The second-order valence-corrected chi connectivity index (χ2v) is 6.80. The zero-order valence-electron chi connectivity index (χ0n) is 13.1. The number of thiophene rings is 1. The lowest BCUT2D eigenvalue weighted by Crippen LogP contribution is -2.28. The molecule has 1 atom stereocenters. The van der Waals surface area contributed by atoms with Gasteiger partial charge in [-0.3, -0.25) is 4.90 Å². The van der Waals surface area contributed by atoms with E-state index >= 15 is 0 Å². The number of benzene rings is 1. The first-order chi connectivity index (χ1) is 11.3. The summed E-state index contributed by atoms with van der Waals surface area (Å²) < 4.78 is 5.95. The fraction of sp³-hybridized carbons (Fsp3) is 0.333. The minimum absolute atomic E-state index is 0.132. The van der Waals surface area contributed by atoms with E-state index < -0.39 is 0 Å².